The molecule has 170 valence electrons. The highest BCUT2D eigenvalue weighted by molar-refractivity contribution is 6.31. The Labute approximate surface area is 205 Å². The summed E-state index contributed by atoms with van der Waals surface area (Å²) in [5, 5.41) is 13.9. The summed E-state index contributed by atoms with van der Waals surface area (Å²) in [4.78, 5) is 21.1. The summed E-state index contributed by atoms with van der Waals surface area (Å²) in [5.74, 6) is 0. The van der Waals surface area contributed by atoms with E-state index in [2.05, 4.69) is 9.97 Å². The molecule has 0 amide bonds. The van der Waals surface area contributed by atoms with Gasteiger partial charge in [-0.05, 0) is 47.0 Å². The van der Waals surface area contributed by atoms with Gasteiger partial charge >= 0.3 is 0 Å². The molecule has 0 spiro atoms. The minimum absolute atomic E-state index is 0.140. The van der Waals surface area contributed by atoms with Crippen molar-refractivity contribution >= 4 is 34.1 Å². The lowest BCUT2D eigenvalue weighted by Gasteiger charge is -2.30. The van der Waals surface area contributed by atoms with Crippen LogP contribution in [0.25, 0.3) is 22.0 Å². The number of nitrogens with zero attached hydrogens (tertiary/aromatic N) is 4. The van der Waals surface area contributed by atoms with Crippen LogP contribution in [0.4, 0.5) is 0 Å². The standard InChI is InChI=1S/C26H20Cl2N4O2/c1-31-15-29-14-23(31)26(34,18-7-9-24(28)30-13-18)17-6-8-22-21(11-17)20(12-25(33)32(22)2)16-4-3-5-19(27)10-16/h3-15,34H,1-2H3. The van der Waals surface area contributed by atoms with Crippen LogP contribution in [-0.2, 0) is 19.7 Å². The average molecular weight is 491 g/mol. The van der Waals surface area contributed by atoms with Crippen molar-refractivity contribution in [3.8, 4) is 11.1 Å². The topological polar surface area (TPSA) is 72.9 Å². The maximum absolute atomic E-state index is 12.7. The molecule has 3 aromatic heterocycles. The lowest BCUT2D eigenvalue weighted by molar-refractivity contribution is 0.117. The second-order valence-electron chi connectivity index (χ2n) is 8.17. The molecule has 1 unspecified atom stereocenters. The van der Waals surface area contributed by atoms with Crippen LogP contribution in [0, 0.1) is 0 Å². The molecule has 6 nitrogen and oxygen atoms in total. The Hall–Kier alpha value is -3.45. The average Bonchev–Trinajstić information content (AvgIpc) is 3.27. The molecule has 1 atom stereocenters. The summed E-state index contributed by atoms with van der Waals surface area (Å²) >= 11 is 12.3. The number of aliphatic hydroxyl groups is 1. The van der Waals surface area contributed by atoms with Gasteiger partial charge in [-0.25, -0.2) is 9.97 Å². The van der Waals surface area contributed by atoms with Crippen LogP contribution in [0.2, 0.25) is 10.2 Å². The molecule has 3 heterocycles. The molecule has 5 rings (SSSR count). The molecule has 0 saturated carbocycles. The third-order valence-electron chi connectivity index (χ3n) is 6.13. The monoisotopic (exact) mass is 490 g/mol. The summed E-state index contributed by atoms with van der Waals surface area (Å²) in [6.45, 7) is 0. The van der Waals surface area contributed by atoms with E-state index in [0.29, 0.717) is 27.0 Å². The van der Waals surface area contributed by atoms with Crippen LogP contribution in [0.5, 0.6) is 0 Å². The van der Waals surface area contributed by atoms with Crippen molar-refractivity contribution in [2.24, 2.45) is 14.1 Å². The number of aryl methyl sites for hydroxylation is 2. The van der Waals surface area contributed by atoms with Crippen molar-refractivity contribution in [3.63, 3.8) is 0 Å². The Balaban J connectivity index is 1.84. The van der Waals surface area contributed by atoms with Crippen molar-refractivity contribution < 1.29 is 5.11 Å². The van der Waals surface area contributed by atoms with E-state index < -0.39 is 5.60 Å². The SMILES string of the molecule is Cn1cncc1C(O)(c1ccc(Cl)nc1)c1ccc2c(c1)c(-c1cccc(Cl)c1)cc(=O)n2C. The molecule has 5 aromatic rings. The molecule has 8 heteroatoms. The molecular formula is C26H20Cl2N4O2. The van der Waals surface area contributed by atoms with Gasteiger partial charge in [0.2, 0.25) is 0 Å². The minimum Gasteiger partial charge on any atom is -0.374 e. The Morgan fingerprint density at radius 1 is 0.941 bits per heavy atom. The number of hydrogen-bond acceptors (Lipinski definition) is 4. The van der Waals surface area contributed by atoms with Crippen molar-refractivity contribution in [1.29, 1.82) is 0 Å². The molecule has 0 aliphatic heterocycles. The van der Waals surface area contributed by atoms with Gasteiger partial charge in [-0.2, -0.15) is 0 Å². The lowest BCUT2D eigenvalue weighted by atomic mass is 9.83. The number of aromatic nitrogens is 4. The Morgan fingerprint density at radius 2 is 1.74 bits per heavy atom. The van der Waals surface area contributed by atoms with E-state index in [-0.39, 0.29) is 5.56 Å². The van der Waals surface area contributed by atoms with Gasteiger partial charge in [0.15, 0.2) is 5.60 Å². The second kappa shape index (κ2) is 8.40. The van der Waals surface area contributed by atoms with Crippen LogP contribution in [0.3, 0.4) is 0 Å². The maximum atomic E-state index is 12.7. The highest BCUT2D eigenvalue weighted by Crippen LogP contribution is 2.39. The van der Waals surface area contributed by atoms with Crippen molar-refractivity contribution in [2.75, 3.05) is 0 Å². The van der Waals surface area contributed by atoms with Crippen molar-refractivity contribution in [2.45, 2.75) is 5.60 Å². The molecular weight excluding hydrogens is 471 g/mol. The zero-order valence-electron chi connectivity index (χ0n) is 18.4. The predicted molar refractivity (Wildman–Crippen MR) is 134 cm³/mol. The van der Waals surface area contributed by atoms with Gasteiger partial charge in [0, 0.05) is 42.3 Å². The molecule has 0 radical (unpaired) electrons. The van der Waals surface area contributed by atoms with Gasteiger partial charge in [0.05, 0.1) is 23.7 Å². The van der Waals surface area contributed by atoms with Crippen LogP contribution in [0.1, 0.15) is 16.8 Å². The van der Waals surface area contributed by atoms with E-state index in [9.17, 15) is 9.90 Å². The fraction of sp³-hybridized carbons (Fsp3) is 0.115. The highest BCUT2D eigenvalue weighted by Gasteiger charge is 2.37. The fourth-order valence-corrected chi connectivity index (χ4v) is 4.64. The van der Waals surface area contributed by atoms with Gasteiger partial charge in [-0.3, -0.25) is 4.79 Å². The molecule has 0 saturated heterocycles. The van der Waals surface area contributed by atoms with Crippen molar-refractivity contribution in [1.82, 2.24) is 19.1 Å². The lowest BCUT2D eigenvalue weighted by Crippen LogP contribution is -2.31. The Bertz CT molecular complexity index is 1590. The largest absolute Gasteiger partial charge is 0.374 e. The molecule has 1 N–H and O–H groups in total. The normalized spacial score (nSPS) is 13.2. The number of rotatable bonds is 4. The van der Waals surface area contributed by atoms with Gasteiger partial charge in [0.1, 0.15) is 5.15 Å². The van der Waals surface area contributed by atoms with Crippen LogP contribution >= 0.6 is 23.2 Å². The smallest absolute Gasteiger partial charge is 0.251 e. The van der Waals surface area contributed by atoms with E-state index in [0.717, 1.165) is 22.0 Å². The van der Waals surface area contributed by atoms with Gasteiger partial charge in [-0.15, -0.1) is 0 Å². The van der Waals surface area contributed by atoms with E-state index in [1.165, 1.54) is 0 Å². The molecule has 34 heavy (non-hydrogen) atoms. The first kappa shape index (κ1) is 22.3. The number of imidazole rings is 1. The molecule has 0 aliphatic carbocycles. The summed E-state index contributed by atoms with van der Waals surface area (Å²) < 4.78 is 3.34. The summed E-state index contributed by atoms with van der Waals surface area (Å²) in [6.07, 6.45) is 4.81. The Kier molecular flexibility index (Phi) is 5.52. The first-order valence-electron chi connectivity index (χ1n) is 10.5. The Morgan fingerprint density at radius 3 is 2.41 bits per heavy atom. The number of benzene rings is 2. The minimum atomic E-state index is -1.57. The van der Waals surface area contributed by atoms with E-state index in [4.69, 9.17) is 23.2 Å². The third-order valence-corrected chi connectivity index (χ3v) is 6.59. The molecule has 0 aliphatic rings. The highest BCUT2D eigenvalue weighted by atomic mass is 35.5. The number of fused-ring (bicyclic) bond motifs is 1. The van der Waals surface area contributed by atoms with Gasteiger partial charge in [-0.1, -0.05) is 47.5 Å². The molecule has 0 fully saturated rings. The molecule has 0 bridgehead atoms. The zero-order chi connectivity index (χ0) is 24.0. The summed E-state index contributed by atoms with van der Waals surface area (Å²) in [7, 11) is 3.54. The van der Waals surface area contributed by atoms with Gasteiger partial charge in [0.25, 0.3) is 5.56 Å². The second-order valence-corrected chi connectivity index (χ2v) is 8.99. The van der Waals surface area contributed by atoms with E-state index in [1.807, 2.05) is 43.4 Å². The van der Waals surface area contributed by atoms with Crippen LogP contribution < -0.4 is 5.56 Å². The van der Waals surface area contributed by atoms with Crippen LogP contribution in [-0.4, -0.2) is 24.2 Å². The van der Waals surface area contributed by atoms with Crippen LogP contribution in [0.15, 0.2) is 84.2 Å². The van der Waals surface area contributed by atoms with Gasteiger partial charge < -0.3 is 14.2 Å². The van der Waals surface area contributed by atoms with Crippen molar-refractivity contribution in [3.05, 3.63) is 117 Å². The zero-order valence-corrected chi connectivity index (χ0v) is 19.9. The number of hydrogen-bond donors (Lipinski definition) is 1. The predicted octanol–water partition coefficient (Wildman–Crippen LogP) is 4.93. The maximum Gasteiger partial charge on any atom is 0.251 e. The number of pyridine rings is 2. The summed E-state index contributed by atoms with van der Waals surface area (Å²) in [5.41, 5.74) is 2.24. The number of halogens is 2. The first-order valence-corrected chi connectivity index (χ1v) is 11.3. The first-order chi connectivity index (χ1) is 16.3. The quantitative estimate of drug-likeness (QED) is 0.362. The fourth-order valence-electron chi connectivity index (χ4n) is 4.34. The summed E-state index contributed by atoms with van der Waals surface area (Å²) in [6, 6.07) is 17.9. The molecule has 2 aromatic carbocycles. The van der Waals surface area contributed by atoms with E-state index >= 15 is 0 Å². The van der Waals surface area contributed by atoms with E-state index in [1.54, 1.807) is 59.2 Å². The third kappa shape index (κ3) is 3.60.